The molecule has 0 aromatic heterocycles. The zero-order chi connectivity index (χ0) is 17.0. The lowest BCUT2D eigenvalue weighted by Gasteiger charge is -2.27. The summed E-state index contributed by atoms with van der Waals surface area (Å²) < 4.78 is 0. The van der Waals surface area contributed by atoms with Gasteiger partial charge in [-0.05, 0) is 61.1 Å². The lowest BCUT2D eigenvalue weighted by atomic mass is 9.90. The molecule has 24 heavy (non-hydrogen) atoms. The number of fused-ring (bicyclic) bond motifs is 1. The van der Waals surface area contributed by atoms with Crippen molar-refractivity contribution in [1.82, 2.24) is 5.32 Å². The van der Waals surface area contributed by atoms with Crippen LogP contribution < -0.4 is 5.32 Å². The van der Waals surface area contributed by atoms with Crippen LogP contribution in [-0.4, -0.2) is 5.54 Å². The second kappa shape index (κ2) is 7.19. The summed E-state index contributed by atoms with van der Waals surface area (Å²) in [5.74, 6) is 0. The Bertz CT molecular complexity index is 803. The van der Waals surface area contributed by atoms with Crippen LogP contribution in [0.3, 0.4) is 0 Å². The van der Waals surface area contributed by atoms with Crippen molar-refractivity contribution in [2.45, 2.75) is 45.7 Å². The maximum absolute atomic E-state index is 3.71. The van der Waals surface area contributed by atoms with E-state index in [2.05, 4.69) is 92.8 Å². The third kappa shape index (κ3) is 4.04. The summed E-state index contributed by atoms with van der Waals surface area (Å²) in [6.45, 7) is 7.75. The van der Waals surface area contributed by atoms with Gasteiger partial charge in [-0.3, -0.25) is 0 Å². The third-order valence-corrected chi connectivity index (χ3v) is 4.89. The van der Waals surface area contributed by atoms with Gasteiger partial charge in [-0.1, -0.05) is 66.7 Å². The van der Waals surface area contributed by atoms with E-state index in [9.17, 15) is 0 Å². The predicted octanol–water partition coefficient (Wildman–Crippen LogP) is 5.65. The fraction of sp³-hybridized carbons (Fsp3) is 0.304. The van der Waals surface area contributed by atoms with E-state index in [1.165, 1.54) is 27.5 Å². The second-order valence-corrected chi connectivity index (χ2v) is 7.31. The van der Waals surface area contributed by atoms with Gasteiger partial charge in [0.05, 0.1) is 0 Å². The van der Waals surface area contributed by atoms with E-state index < -0.39 is 0 Å². The van der Waals surface area contributed by atoms with Gasteiger partial charge in [-0.15, -0.1) is 0 Å². The minimum absolute atomic E-state index is 0.110. The molecule has 3 aromatic carbocycles. The lowest BCUT2D eigenvalue weighted by Crippen LogP contribution is -2.39. The van der Waals surface area contributed by atoms with Crippen LogP contribution in [0.2, 0.25) is 0 Å². The number of rotatable bonds is 6. The van der Waals surface area contributed by atoms with Crippen LogP contribution in [0.1, 0.15) is 37.0 Å². The van der Waals surface area contributed by atoms with Gasteiger partial charge >= 0.3 is 0 Å². The SMILES string of the molecule is Cc1ccc2ccccc2c1CCC(C)(C)NCc1ccccc1. The molecule has 0 saturated heterocycles. The Hall–Kier alpha value is -2.12. The number of benzene rings is 3. The minimum Gasteiger partial charge on any atom is -0.308 e. The van der Waals surface area contributed by atoms with Crippen molar-refractivity contribution in [3.63, 3.8) is 0 Å². The van der Waals surface area contributed by atoms with E-state index in [-0.39, 0.29) is 5.54 Å². The fourth-order valence-corrected chi connectivity index (χ4v) is 3.24. The first kappa shape index (κ1) is 16.7. The molecule has 0 saturated carbocycles. The highest BCUT2D eigenvalue weighted by Gasteiger charge is 2.18. The fourth-order valence-electron chi connectivity index (χ4n) is 3.24. The summed E-state index contributed by atoms with van der Waals surface area (Å²) in [6, 6.07) is 23.8. The first-order chi connectivity index (χ1) is 11.6. The normalized spacial score (nSPS) is 11.8. The molecule has 1 N–H and O–H groups in total. The zero-order valence-electron chi connectivity index (χ0n) is 15.0. The standard InChI is InChI=1S/C23H27N/c1-18-13-14-20-11-7-8-12-22(20)21(18)15-16-23(2,3)24-17-19-9-5-4-6-10-19/h4-14,24H,15-17H2,1-3H3. The largest absolute Gasteiger partial charge is 0.308 e. The molecule has 0 bridgehead atoms. The molecule has 124 valence electrons. The van der Waals surface area contributed by atoms with Gasteiger partial charge < -0.3 is 5.32 Å². The van der Waals surface area contributed by atoms with Gasteiger partial charge in [0.15, 0.2) is 0 Å². The molecule has 0 fully saturated rings. The summed E-state index contributed by atoms with van der Waals surface area (Å²) >= 11 is 0. The van der Waals surface area contributed by atoms with E-state index in [0.717, 1.165) is 19.4 Å². The molecule has 0 aliphatic heterocycles. The van der Waals surface area contributed by atoms with Crippen molar-refractivity contribution in [1.29, 1.82) is 0 Å². The smallest absolute Gasteiger partial charge is 0.0210 e. The Morgan fingerprint density at radius 1 is 0.833 bits per heavy atom. The Kier molecular flexibility index (Phi) is 5.01. The van der Waals surface area contributed by atoms with Gasteiger partial charge in [-0.25, -0.2) is 0 Å². The predicted molar refractivity (Wildman–Crippen MR) is 104 cm³/mol. The van der Waals surface area contributed by atoms with Crippen LogP contribution in [0.5, 0.6) is 0 Å². The van der Waals surface area contributed by atoms with Gasteiger partial charge in [0.2, 0.25) is 0 Å². The van der Waals surface area contributed by atoms with Crippen molar-refractivity contribution < 1.29 is 0 Å². The molecule has 0 aliphatic carbocycles. The molecule has 0 amide bonds. The highest BCUT2D eigenvalue weighted by molar-refractivity contribution is 5.86. The zero-order valence-corrected chi connectivity index (χ0v) is 15.0. The highest BCUT2D eigenvalue weighted by Crippen LogP contribution is 2.25. The number of aryl methyl sites for hydroxylation is 2. The maximum atomic E-state index is 3.71. The first-order valence-electron chi connectivity index (χ1n) is 8.81. The van der Waals surface area contributed by atoms with Crippen LogP contribution in [-0.2, 0) is 13.0 Å². The van der Waals surface area contributed by atoms with Crippen LogP contribution in [0.25, 0.3) is 10.8 Å². The van der Waals surface area contributed by atoms with E-state index in [4.69, 9.17) is 0 Å². The molecule has 0 heterocycles. The van der Waals surface area contributed by atoms with Crippen molar-refractivity contribution >= 4 is 10.8 Å². The average molecular weight is 317 g/mol. The van der Waals surface area contributed by atoms with Gasteiger partial charge in [0, 0.05) is 12.1 Å². The first-order valence-corrected chi connectivity index (χ1v) is 8.81. The Balaban J connectivity index is 1.69. The maximum Gasteiger partial charge on any atom is 0.0210 e. The highest BCUT2D eigenvalue weighted by atomic mass is 14.9. The van der Waals surface area contributed by atoms with Crippen LogP contribution in [0.15, 0.2) is 66.7 Å². The molecule has 3 aromatic rings. The Morgan fingerprint density at radius 3 is 2.33 bits per heavy atom. The van der Waals surface area contributed by atoms with Gasteiger partial charge in [0.1, 0.15) is 0 Å². The summed E-state index contributed by atoms with van der Waals surface area (Å²) in [5, 5.41) is 6.45. The second-order valence-electron chi connectivity index (χ2n) is 7.31. The van der Waals surface area contributed by atoms with Crippen LogP contribution in [0, 0.1) is 6.92 Å². The molecular formula is C23H27N. The molecule has 0 spiro atoms. The van der Waals surface area contributed by atoms with E-state index in [1.807, 2.05) is 0 Å². The molecule has 0 unspecified atom stereocenters. The van der Waals surface area contributed by atoms with Crippen molar-refractivity contribution in [3.05, 3.63) is 83.4 Å². The molecule has 1 heteroatoms. The number of hydrogen-bond acceptors (Lipinski definition) is 1. The monoisotopic (exact) mass is 317 g/mol. The molecule has 3 rings (SSSR count). The van der Waals surface area contributed by atoms with Gasteiger partial charge in [-0.2, -0.15) is 0 Å². The molecule has 0 aliphatic rings. The van der Waals surface area contributed by atoms with Gasteiger partial charge in [0.25, 0.3) is 0 Å². The van der Waals surface area contributed by atoms with Crippen LogP contribution >= 0.6 is 0 Å². The lowest BCUT2D eigenvalue weighted by molar-refractivity contribution is 0.360. The van der Waals surface area contributed by atoms with Crippen molar-refractivity contribution in [2.75, 3.05) is 0 Å². The van der Waals surface area contributed by atoms with E-state index in [1.54, 1.807) is 0 Å². The molecular weight excluding hydrogens is 290 g/mol. The molecule has 0 radical (unpaired) electrons. The topological polar surface area (TPSA) is 12.0 Å². The molecule has 1 nitrogen and oxygen atoms in total. The quantitative estimate of drug-likeness (QED) is 0.619. The Labute approximate surface area is 145 Å². The van der Waals surface area contributed by atoms with E-state index in [0.29, 0.717) is 0 Å². The number of nitrogens with one attached hydrogen (secondary N) is 1. The summed E-state index contributed by atoms with van der Waals surface area (Å²) in [4.78, 5) is 0. The van der Waals surface area contributed by atoms with Crippen molar-refractivity contribution in [2.24, 2.45) is 0 Å². The van der Waals surface area contributed by atoms with Crippen LogP contribution in [0.4, 0.5) is 0 Å². The average Bonchev–Trinajstić information content (AvgIpc) is 2.60. The molecule has 0 atom stereocenters. The summed E-state index contributed by atoms with van der Waals surface area (Å²) in [5.41, 5.74) is 4.33. The van der Waals surface area contributed by atoms with Crippen molar-refractivity contribution in [3.8, 4) is 0 Å². The minimum atomic E-state index is 0.110. The number of hydrogen-bond donors (Lipinski definition) is 1. The Morgan fingerprint density at radius 2 is 1.54 bits per heavy atom. The third-order valence-electron chi connectivity index (χ3n) is 4.89. The summed E-state index contributed by atoms with van der Waals surface area (Å²) in [7, 11) is 0. The summed E-state index contributed by atoms with van der Waals surface area (Å²) in [6.07, 6.45) is 2.22. The van der Waals surface area contributed by atoms with E-state index >= 15 is 0 Å².